The van der Waals surface area contributed by atoms with Crippen molar-refractivity contribution in [2.45, 2.75) is 25.7 Å². The van der Waals surface area contributed by atoms with E-state index in [1.54, 1.807) is 0 Å². The maximum atomic E-state index is 5.85. The van der Waals surface area contributed by atoms with Crippen molar-refractivity contribution >= 4 is 11.6 Å². The number of hydrogen-bond donors (Lipinski definition) is 1. The minimum atomic E-state index is 0.666. The fourth-order valence-corrected chi connectivity index (χ4v) is 2.91. The van der Waals surface area contributed by atoms with Crippen LogP contribution in [0, 0.1) is 11.3 Å². The van der Waals surface area contributed by atoms with Gasteiger partial charge in [-0.1, -0.05) is 0 Å². The van der Waals surface area contributed by atoms with Gasteiger partial charge in [0.25, 0.3) is 0 Å². The van der Waals surface area contributed by atoms with Crippen LogP contribution in [0.4, 0.5) is 0 Å². The van der Waals surface area contributed by atoms with Crippen LogP contribution in [0.5, 0.6) is 0 Å². The number of halogens is 1. The number of hydrogen-bond acceptors (Lipinski definition) is 1. The average Bonchev–Trinajstić information content (AvgIpc) is 2.62. The van der Waals surface area contributed by atoms with Crippen LogP contribution >= 0.6 is 11.6 Å². The Hall–Kier alpha value is 0.250. The van der Waals surface area contributed by atoms with Crippen molar-refractivity contribution in [3.05, 3.63) is 0 Å². The van der Waals surface area contributed by atoms with Gasteiger partial charge in [-0.25, -0.2) is 0 Å². The van der Waals surface area contributed by atoms with E-state index in [1.165, 1.54) is 38.8 Å². The third kappa shape index (κ3) is 1.41. The zero-order valence-corrected chi connectivity index (χ0v) is 7.66. The molecule has 2 fully saturated rings. The maximum Gasteiger partial charge on any atom is 0.0251 e. The summed E-state index contributed by atoms with van der Waals surface area (Å²) in [7, 11) is 0. The van der Waals surface area contributed by atoms with Crippen LogP contribution in [0.3, 0.4) is 0 Å². The highest BCUT2D eigenvalue weighted by molar-refractivity contribution is 6.18. The van der Waals surface area contributed by atoms with E-state index in [9.17, 15) is 0 Å². The van der Waals surface area contributed by atoms with E-state index in [2.05, 4.69) is 5.32 Å². The van der Waals surface area contributed by atoms with Crippen molar-refractivity contribution < 1.29 is 0 Å². The second-order valence-corrected chi connectivity index (χ2v) is 4.50. The molecule has 1 heterocycles. The van der Waals surface area contributed by atoms with Crippen LogP contribution in [0.1, 0.15) is 25.7 Å². The van der Waals surface area contributed by atoms with Gasteiger partial charge >= 0.3 is 0 Å². The van der Waals surface area contributed by atoms with Crippen LogP contribution in [-0.2, 0) is 0 Å². The lowest BCUT2D eigenvalue weighted by Crippen LogP contribution is -2.20. The molecule has 1 aliphatic carbocycles. The summed E-state index contributed by atoms with van der Waals surface area (Å²) in [6.07, 6.45) is 5.55. The van der Waals surface area contributed by atoms with Crippen LogP contribution in [0.2, 0.25) is 0 Å². The Balaban J connectivity index is 1.96. The van der Waals surface area contributed by atoms with E-state index in [1.807, 2.05) is 0 Å². The molecule has 0 radical (unpaired) electrons. The molecule has 11 heavy (non-hydrogen) atoms. The second-order valence-electron chi connectivity index (χ2n) is 4.19. The predicted molar refractivity (Wildman–Crippen MR) is 48.0 cm³/mol. The molecule has 0 aromatic carbocycles. The van der Waals surface area contributed by atoms with Gasteiger partial charge in [-0.05, 0) is 43.6 Å². The van der Waals surface area contributed by atoms with Crippen molar-refractivity contribution in [3.8, 4) is 0 Å². The summed E-state index contributed by atoms with van der Waals surface area (Å²) in [4.78, 5) is 0. The van der Waals surface area contributed by atoms with Gasteiger partial charge < -0.3 is 5.32 Å². The number of alkyl halides is 1. The molecule has 2 unspecified atom stereocenters. The van der Waals surface area contributed by atoms with E-state index >= 15 is 0 Å². The Labute approximate surface area is 73.5 Å². The monoisotopic (exact) mass is 173 g/mol. The van der Waals surface area contributed by atoms with E-state index in [4.69, 9.17) is 11.6 Å². The summed E-state index contributed by atoms with van der Waals surface area (Å²) in [5.41, 5.74) is 0.666. The van der Waals surface area contributed by atoms with Crippen molar-refractivity contribution in [1.29, 1.82) is 0 Å². The van der Waals surface area contributed by atoms with Gasteiger partial charge in [0.15, 0.2) is 0 Å². The molecule has 1 saturated heterocycles. The molecule has 2 aliphatic rings. The molecule has 1 aliphatic heterocycles. The molecule has 1 N–H and O–H groups in total. The Morgan fingerprint density at radius 2 is 2.36 bits per heavy atom. The smallest absolute Gasteiger partial charge is 0.0251 e. The Bertz CT molecular complexity index is 140. The third-order valence-electron chi connectivity index (χ3n) is 3.35. The summed E-state index contributed by atoms with van der Waals surface area (Å²) >= 11 is 5.85. The van der Waals surface area contributed by atoms with E-state index < -0.39 is 0 Å². The first kappa shape index (κ1) is 7.88. The molecule has 2 heteroatoms. The first-order valence-electron chi connectivity index (χ1n) is 4.61. The van der Waals surface area contributed by atoms with Crippen molar-refractivity contribution in [3.63, 3.8) is 0 Å². The van der Waals surface area contributed by atoms with Crippen molar-refractivity contribution in [2.24, 2.45) is 11.3 Å². The molecule has 0 bridgehead atoms. The molecular formula is C9H16ClN. The maximum absolute atomic E-state index is 5.85. The highest BCUT2D eigenvalue weighted by Gasteiger charge is 2.40. The number of nitrogens with one attached hydrogen (secondary N) is 1. The molecule has 2 atom stereocenters. The van der Waals surface area contributed by atoms with Gasteiger partial charge in [0.2, 0.25) is 0 Å². The molecule has 2 rings (SSSR count). The zero-order chi connectivity index (χ0) is 7.73. The van der Waals surface area contributed by atoms with Gasteiger partial charge in [-0.3, -0.25) is 0 Å². The fourth-order valence-electron chi connectivity index (χ4n) is 2.64. The molecule has 0 aromatic rings. The van der Waals surface area contributed by atoms with Crippen LogP contribution in [0.25, 0.3) is 0 Å². The number of rotatable bonds is 1. The minimum Gasteiger partial charge on any atom is -0.316 e. The molecular weight excluding hydrogens is 158 g/mol. The third-order valence-corrected chi connectivity index (χ3v) is 3.79. The standard InChI is InChI=1S/C9H16ClN/c10-6-8-1-2-9(5-8)3-4-11-7-9/h8,11H,1-7H2. The van der Waals surface area contributed by atoms with Crippen LogP contribution in [-0.4, -0.2) is 19.0 Å². The summed E-state index contributed by atoms with van der Waals surface area (Å²) < 4.78 is 0. The summed E-state index contributed by atoms with van der Waals surface area (Å²) in [5, 5.41) is 3.46. The lowest BCUT2D eigenvalue weighted by atomic mass is 9.85. The first-order chi connectivity index (χ1) is 5.35. The second kappa shape index (κ2) is 2.95. The Morgan fingerprint density at radius 1 is 1.45 bits per heavy atom. The van der Waals surface area contributed by atoms with Crippen molar-refractivity contribution in [1.82, 2.24) is 5.32 Å². The molecule has 64 valence electrons. The highest BCUT2D eigenvalue weighted by Crippen LogP contribution is 2.45. The van der Waals surface area contributed by atoms with Gasteiger partial charge in [-0.15, -0.1) is 11.6 Å². The summed E-state index contributed by atoms with van der Waals surface area (Å²) in [5.74, 6) is 1.69. The molecule has 0 amide bonds. The van der Waals surface area contributed by atoms with Gasteiger partial charge in [0.1, 0.15) is 0 Å². The fraction of sp³-hybridized carbons (Fsp3) is 1.00. The van der Waals surface area contributed by atoms with Crippen molar-refractivity contribution in [2.75, 3.05) is 19.0 Å². The normalized spacial score (nSPS) is 43.9. The Kier molecular flexibility index (Phi) is 2.11. The largest absolute Gasteiger partial charge is 0.316 e. The average molecular weight is 174 g/mol. The minimum absolute atomic E-state index is 0.666. The molecule has 1 spiro atoms. The highest BCUT2D eigenvalue weighted by atomic mass is 35.5. The molecule has 1 saturated carbocycles. The van der Waals surface area contributed by atoms with Gasteiger partial charge in [0, 0.05) is 12.4 Å². The zero-order valence-electron chi connectivity index (χ0n) is 6.91. The SMILES string of the molecule is ClCC1CCC2(CCNC2)C1. The molecule has 0 aromatic heterocycles. The van der Waals surface area contributed by atoms with Gasteiger partial charge in [-0.2, -0.15) is 0 Å². The van der Waals surface area contributed by atoms with Gasteiger partial charge in [0.05, 0.1) is 0 Å². The lowest BCUT2D eigenvalue weighted by molar-refractivity contribution is 0.324. The van der Waals surface area contributed by atoms with Crippen LogP contribution in [0.15, 0.2) is 0 Å². The summed E-state index contributed by atoms with van der Waals surface area (Å²) in [6, 6.07) is 0. The first-order valence-corrected chi connectivity index (χ1v) is 5.15. The predicted octanol–water partition coefficient (Wildman–Crippen LogP) is 2.00. The van der Waals surface area contributed by atoms with Crippen LogP contribution < -0.4 is 5.32 Å². The van der Waals surface area contributed by atoms with E-state index in [-0.39, 0.29) is 0 Å². The topological polar surface area (TPSA) is 12.0 Å². The lowest BCUT2D eigenvalue weighted by Gasteiger charge is -2.21. The molecule has 1 nitrogen and oxygen atoms in total. The van der Waals surface area contributed by atoms with E-state index in [0.29, 0.717) is 5.41 Å². The summed E-state index contributed by atoms with van der Waals surface area (Å²) in [6.45, 7) is 2.48. The van der Waals surface area contributed by atoms with E-state index in [0.717, 1.165) is 11.8 Å². The Morgan fingerprint density at radius 3 is 2.91 bits per heavy atom. The quantitative estimate of drug-likeness (QED) is 0.599.